The molecule has 0 spiro atoms. The highest BCUT2D eigenvalue weighted by atomic mass is 15.3. The minimum absolute atomic E-state index is 0.254. The van der Waals surface area contributed by atoms with Crippen LogP contribution in [0.2, 0.25) is 0 Å². The van der Waals surface area contributed by atoms with E-state index in [-0.39, 0.29) is 5.54 Å². The average Bonchev–Trinajstić information content (AvgIpc) is 2.42. The molecule has 0 bridgehead atoms. The fraction of sp³-hybridized carbons (Fsp3) is 0.684. The van der Waals surface area contributed by atoms with E-state index < -0.39 is 0 Å². The van der Waals surface area contributed by atoms with Crippen LogP contribution in [0.5, 0.6) is 0 Å². The molecule has 2 nitrogen and oxygen atoms in total. The predicted octanol–water partition coefficient (Wildman–Crippen LogP) is 3.98. The summed E-state index contributed by atoms with van der Waals surface area (Å²) in [6.07, 6.45) is 1.18. The second-order valence-electron chi connectivity index (χ2n) is 7.96. The largest absolute Gasteiger partial charge is 0.310 e. The van der Waals surface area contributed by atoms with Crippen LogP contribution < -0.4 is 5.32 Å². The smallest absolute Gasteiger partial charge is 0.0307 e. The van der Waals surface area contributed by atoms with Gasteiger partial charge in [0.1, 0.15) is 0 Å². The van der Waals surface area contributed by atoms with Crippen LogP contribution in [0.4, 0.5) is 0 Å². The molecule has 1 aromatic carbocycles. The summed E-state index contributed by atoms with van der Waals surface area (Å²) in [6.45, 7) is 17.2. The van der Waals surface area contributed by atoms with Gasteiger partial charge in [0.25, 0.3) is 0 Å². The Hall–Kier alpha value is -0.860. The average molecular weight is 288 g/mol. The number of rotatable bonds is 3. The van der Waals surface area contributed by atoms with E-state index in [1.54, 1.807) is 0 Å². The fourth-order valence-corrected chi connectivity index (χ4v) is 3.14. The zero-order chi connectivity index (χ0) is 15.7. The first kappa shape index (κ1) is 16.5. The van der Waals surface area contributed by atoms with Crippen molar-refractivity contribution < 1.29 is 0 Å². The molecule has 1 aliphatic rings. The first-order chi connectivity index (χ1) is 9.76. The van der Waals surface area contributed by atoms with Crippen molar-refractivity contribution in [2.24, 2.45) is 5.41 Å². The maximum absolute atomic E-state index is 3.79. The monoisotopic (exact) mass is 288 g/mol. The number of nitrogens with zero attached hydrogens (tertiary/aromatic N) is 1. The molecule has 1 fully saturated rings. The van der Waals surface area contributed by atoms with Crippen molar-refractivity contribution in [3.05, 3.63) is 35.4 Å². The minimum Gasteiger partial charge on any atom is -0.310 e. The third kappa shape index (κ3) is 3.67. The standard InChI is InChI=1S/C19H32N2/c1-7-19(6)14-20-17(18(3,4)5)13-21(19)12-16-11-9-8-10-15(16)2/h8-11,17,20H,7,12-14H2,1-6H3. The van der Waals surface area contributed by atoms with E-state index in [2.05, 4.69) is 76.0 Å². The van der Waals surface area contributed by atoms with Crippen molar-refractivity contribution in [3.63, 3.8) is 0 Å². The van der Waals surface area contributed by atoms with Gasteiger partial charge in [0, 0.05) is 31.2 Å². The van der Waals surface area contributed by atoms with Gasteiger partial charge in [-0.15, -0.1) is 0 Å². The van der Waals surface area contributed by atoms with E-state index in [0.29, 0.717) is 11.5 Å². The van der Waals surface area contributed by atoms with Crippen molar-refractivity contribution in [1.29, 1.82) is 0 Å². The summed E-state index contributed by atoms with van der Waals surface area (Å²) in [4.78, 5) is 2.70. The Balaban J connectivity index is 2.21. The van der Waals surface area contributed by atoms with Gasteiger partial charge in [0.2, 0.25) is 0 Å². The molecule has 0 saturated carbocycles. The second kappa shape index (κ2) is 6.10. The van der Waals surface area contributed by atoms with Crippen molar-refractivity contribution in [3.8, 4) is 0 Å². The summed E-state index contributed by atoms with van der Waals surface area (Å²) in [5.74, 6) is 0. The SMILES string of the molecule is CCC1(C)CNC(C(C)(C)C)CN1Cc1ccccc1C. The third-order valence-corrected chi connectivity index (χ3v) is 5.33. The van der Waals surface area contributed by atoms with Crippen LogP contribution in [-0.4, -0.2) is 29.6 Å². The number of benzene rings is 1. The molecule has 0 radical (unpaired) electrons. The second-order valence-corrected chi connectivity index (χ2v) is 7.96. The lowest BCUT2D eigenvalue weighted by molar-refractivity contribution is 0.0156. The van der Waals surface area contributed by atoms with Crippen LogP contribution in [0.25, 0.3) is 0 Å². The normalized spacial score (nSPS) is 27.8. The molecule has 0 amide bonds. The lowest BCUT2D eigenvalue weighted by Gasteiger charge is -2.51. The van der Waals surface area contributed by atoms with Crippen molar-refractivity contribution in [1.82, 2.24) is 10.2 Å². The Bertz CT molecular complexity index is 475. The molecule has 21 heavy (non-hydrogen) atoms. The molecule has 1 aromatic rings. The van der Waals surface area contributed by atoms with Gasteiger partial charge in [-0.25, -0.2) is 0 Å². The van der Waals surface area contributed by atoms with E-state index in [1.165, 1.54) is 17.5 Å². The molecule has 2 atom stereocenters. The van der Waals surface area contributed by atoms with E-state index in [1.807, 2.05) is 0 Å². The molecule has 0 aliphatic carbocycles. The topological polar surface area (TPSA) is 15.3 Å². The zero-order valence-electron chi connectivity index (χ0n) is 14.7. The van der Waals surface area contributed by atoms with E-state index in [4.69, 9.17) is 0 Å². The van der Waals surface area contributed by atoms with Crippen LogP contribution in [0.3, 0.4) is 0 Å². The van der Waals surface area contributed by atoms with E-state index in [9.17, 15) is 0 Å². The quantitative estimate of drug-likeness (QED) is 0.905. The molecule has 1 aliphatic heterocycles. The summed E-state index contributed by atoms with van der Waals surface area (Å²) in [5.41, 5.74) is 3.43. The molecule has 2 heteroatoms. The molecule has 0 aromatic heterocycles. The predicted molar refractivity (Wildman–Crippen MR) is 91.5 cm³/mol. The van der Waals surface area contributed by atoms with Crippen LogP contribution in [0.15, 0.2) is 24.3 Å². The van der Waals surface area contributed by atoms with Crippen LogP contribution in [-0.2, 0) is 6.54 Å². The molecular formula is C19H32N2. The molecule has 2 rings (SSSR count). The first-order valence-corrected chi connectivity index (χ1v) is 8.29. The number of aryl methyl sites for hydroxylation is 1. The van der Waals surface area contributed by atoms with Gasteiger partial charge in [-0.3, -0.25) is 4.90 Å². The van der Waals surface area contributed by atoms with Gasteiger partial charge < -0.3 is 5.32 Å². The Labute approximate surface area is 130 Å². The molecule has 1 heterocycles. The summed E-state index contributed by atoms with van der Waals surface area (Å²) in [5, 5.41) is 3.79. The molecule has 2 unspecified atom stereocenters. The maximum Gasteiger partial charge on any atom is 0.0307 e. The number of hydrogen-bond donors (Lipinski definition) is 1. The summed E-state index contributed by atoms with van der Waals surface area (Å²) in [7, 11) is 0. The van der Waals surface area contributed by atoms with E-state index in [0.717, 1.165) is 19.6 Å². The number of nitrogens with one attached hydrogen (secondary N) is 1. The number of hydrogen-bond acceptors (Lipinski definition) is 2. The van der Waals surface area contributed by atoms with Gasteiger partial charge in [-0.2, -0.15) is 0 Å². The lowest BCUT2D eigenvalue weighted by atomic mass is 9.81. The van der Waals surface area contributed by atoms with Crippen LogP contribution >= 0.6 is 0 Å². The zero-order valence-corrected chi connectivity index (χ0v) is 14.7. The van der Waals surface area contributed by atoms with Gasteiger partial charge in [-0.05, 0) is 36.8 Å². The minimum atomic E-state index is 0.254. The number of piperazine rings is 1. The van der Waals surface area contributed by atoms with Gasteiger partial charge >= 0.3 is 0 Å². The molecule has 118 valence electrons. The fourth-order valence-electron chi connectivity index (χ4n) is 3.14. The highest BCUT2D eigenvalue weighted by molar-refractivity contribution is 5.26. The van der Waals surface area contributed by atoms with Crippen LogP contribution in [0.1, 0.15) is 52.2 Å². The molecule has 1 saturated heterocycles. The van der Waals surface area contributed by atoms with Gasteiger partial charge in [0.05, 0.1) is 0 Å². The molecule has 1 N–H and O–H groups in total. The first-order valence-electron chi connectivity index (χ1n) is 8.29. The van der Waals surface area contributed by atoms with Crippen molar-refractivity contribution in [2.75, 3.05) is 13.1 Å². The van der Waals surface area contributed by atoms with E-state index >= 15 is 0 Å². The van der Waals surface area contributed by atoms with Gasteiger partial charge in [0.15, 0.2) is 0 Å². The Morgan fingerprint density at radius 2 is 1.95 bits per heavy atom. The van der Waals surface area contributed by atoms with Crippen molar-refractivity contribution >= 4 is 0 Å². The Kier molecular flexibility index (Phi) is 4.79. The van der Waals surface area contributed by atoms with Crippen molar-refractivity contribution in [2.45, 2.75) is 66.1 Å². The summed E-state index contributed by atoms with van der Waals surface area (Å²) >= 11 is 0. The maximum atomic E-state index is 3.79. The third-order valence-electron chi connectivity index (χ3n) is 5.33. The van der Waals surface area contributed by atoms with Crippen LogP contribution in [0, 0.1) is 12.3 Å². The Morgan fingerprint density at radius 1 is 1.29 bits per heavy atom. The highest BCUT2D eigenvalue weighted by Crippen LogP contribution is 2.31. The molecular weight excluding hydrogens is 256 g/mol. The summed E-state index contributed by atoms with van der Waals surface area (Å²) < 4.78 is 0. The summed E-state index contributed by atoms with van der Waals surface area (Å²) in [6, 6.07) is 9.35. The highest BCUT2D eigenvalue weighted by Gasteiger charge is 2.39. The lowest BCUT2D eigenvalue weighted by Crippen LogP contribution is -2.65. The van der Waals surface area contributed by atoms with Gasteiger partial charge in [-0.1, -0.05) is 52.0 Å². The Morgan fingerprint density at radius 3 is 2.52 bits per heavy atom.